The number of aromatic amines is 1. The number of thiazole rings is 1. The van der Waals surface area contributed by atoms with Crippen molar-refractivity contribution in [3.63, 3.8) is 0 Å². The van der Waals surface area contributed by atoms with E-state index in [1.54, 1.807) is 6.20 Å². The van der Waals surface area contributed by atoms with E-state index in [0.29, 0.717) is 35.2 Å². The van der Waals surface area contributed by atoms with Crippen LogP contribution in [0.5, 0.6) is 0 Å². The Morgan fingerprint density at radius 1 is 1.15 bits per heavy atom. The van der Waals surface area contributed by atoms with E-state index >= 15 is 0 Å². The Morgan fingerprint density at radius 3 is 2.69 bits per heavy atom. The lowest BCUT2D eigenvalue weighted by Gasteiger charge is -2.37. The molecule has 4 heterocycles. The minimum Gasteiger partial charge on any atom is -0.372 e. The topological polar surface area (TPSA) is 135 Å². The molecule has 11 heteroatoms. The van der Waals surface area contributed by atoms with Gasteiger partial charge >= 0.3 is 0 Å². The summed E-state index contributed by atoms with van der Waals surface area (Å²) in [6.07, 6.45) is 13.1. The Balaban J connectivity index is 1.05. The van der Waals surface area contributed by atoms with E-state index in [4.69, 9.17) is 10.5 Å². The molecule has 3 aliphatic rings. The van der Waals surface area contributed by atoms with Crippen LogP contribution in [0.3, 0.4) is 0 Å². The Bertz CT molecular complexity index is 1320. The maximum Gasteiger partial charge on any atom is 0.275 e. The number of nitrogens with two attached hydrogens (primary N) is 1. The van der Waals surface area contributed by atoms with Crippen molar-refractivity contribution in [1.29, 1.82) is 0 Å². The molecule has 1 saturated carbocycles. The minimum atomic E-state index is -0.324. The first kappa shape index (κ1) is 26.3. The van der Waals surface area contributed by atoms with Gasteiger partial charge in [0.2, 0.25) is 5.95 Å². The van der Waals surface area contributed by atoms with Crippen molar-refractivity contribution in [3.05, 3.63) is 34.1 Å². The zero-order valence-corrected chi connectivity index (χ0v) is 23.6. The van der Waals surface area contributed by atoms with Crippen molar-refractivity contribution in [2.75, 3.05) is 24.1 Å². The predicted octanol–water partition coefficient (Wildman–Crippen LogP) is 4.70. The quantitative estimate of drug-likeness (QED) is 0.376. The molecule has 0 bridgehead atoms. The van der Waals surface area contributed by atoms with Gasteiger partial charge in [0, 0.05) is 36.3 Å². The minimum absolute atomic E-state index is 0.191. The number of hydrogen-bond acceptors (Lipinski definition) is 9. The highest BCUT2D eigenvalue weighted by Crippen LogP contribution is 2.42. The molecule has 208 valence electrons. The van der Waals surface area contributed by atoms with Gasteiger partial charge in [-0.15, -0.1) is 11.3 Å². The van der Waals surface area contributed by atoms with E-state index < -0.39 is 0 Å². The summed E-state index contributed by atoms with van der Waals surface area (Å²) in [7, 11) is 0. The molecule has 1 amide bonds. The maximum atomic E-state index is 13.3. The van der Waals surface area contributed by atoms with Gasteiger partial charge in [-0.25, -0.2) is 15.0 Å². The van der Waals surface area contributed by atoms with Gasteiger partial charge < -0.3 is 15.4 Å². The number of amides is 1. The van der Waals surface area contributed by atoms with Crippen LogP contribution in [0.2, 0.25) is 0 Å². The maximum absolute atomic E-state index is 13.3. The number of ether oxygens (including phenoxy) is 1. The van der Waals surface area contributed by atoms with E-state index in [9.17, 15) is 4.79 Å². The second-order valence-corrected chi connectivity index (χ2v) is 12.6. The van der Waals surface area contributed by atoms with Crippen molar-refractivity contribution >= 4 is 28.3 Å². The van der Waals surface area contributed by atoms with Gasteiger partial charge in [-0.3, -0.25) is 15.2 Å². The highest BCUT2D eigenvalue weighted by molar-refractivity contribution is 7.14. The second kappa shape index (κ2) is 10.9. The summed E-state index contributed by atoms with van der Waals surface area (Å²) >= 11 is 1.41. The number of hydrogen-bond donors (Lipinski definition) is 3. The molecule has 0 spiro atoms. The summed E-state index contributed by atoms with van der Waals surface area (Å²) in [6.45, 7) is 6.91. The first-order valence-corrected chi connectivity index (χ1v) is 15.1. The second-order valence-electron chi connectivity index (χ2n) is 11.8. The van der Waals surface area contributed by atoms with Crippen LogP contribution < -0.4 is 11.1 Å². The number of likely N-dealkylation sites (tertiary alicyclic amines) is 1. The fourth-order valence-electron chi connectivity index (χ4n) is 6.48. The van der Waals surface area contributed by atoms with Gasteiger partial charge in [0.1, 0.15) is 11.4 Å². The van der Waals surface area contributed by atoms with Gasteiger partial charge in [0.05, 0.1) is 24.1 Å². The van der Waals surface area contributed by atoms with E-state index in [1.807, 2.05) is 5.38 Å². The summed E-state index contributed by atoms with van der Waals surface area (Å²) in [5.74, 6) is -0.0777. The lowest BCUT2D eigenvalue weighted by atomic mass is 9.73. The number of carbonyl (C=O) groups excluding carboxylic acids is 1. The molecule has 3 aromatic rings. The van der Waals surface area contributed by atoms with E-state index in [1.165, 1.54) is 49.9 Å². The molecule has 1 aliphatic heterocycles. The normalized spacial score (nSPS) is 20.3. The number of fused-ring (bicyclic) bond motifs is 3. The van der Waals surface area contributed by atoms with Crippen molar-refractivity contribution in [2.24, 2.45) is 0 Å². The van der Waals surface area contributed by atoms with Crippen molar-refractivity contribution < 1.29 is 9.53 Å². The van der Waals surface area contributed by atoms with E-state index in [0.717, 1.165) is 48.8 Å². The predicted molar refractivity (Wildman–Crippen MR) is 152 cm³/mol. The lowest BCUT2D eigenvalue weighted by Crippen LogP contribution is -2.43. The molecule has 0 unspecified atom stereocenters. The molecule has 3 aromatic heterocycles. The number of carbonyl (C=O) groups is 1. The van der Waals surface area contributed by atoms with Crippen molar-refractivity contribution in [1.82, 2.24) is 30.0 Å². The number of nitrogen functional groups attached to an aromatic ring is 1. The molecule has 0 radical (unpaired) electrons. The first-order chi connectivity index (χ1) is 18.9. The number of anilines is 2. The molecule has 1 saturated heterocycles. The smallest absolute Gasteiger partial charge is 0.275 e. The summed E-state index contributed by atoms with van der Waals surface area (Å²) in [5.41, 5.74) is 9.91. The van der Waals surface area contributed by atoms with Gasteiger partial charge in [0.25, 0.3) is 5.91 Å². The molecule has 2 fully saturated rings. The number of aromatic nitrogens is 5. The SMILES string of the molecule is CC1(C)Cc2cnc(N)nc2-c2n[nH]c(C(=O)Nc3nc(COC4CCN(C5CCCCCC5)CC4)cs3)c21. The Morgan fingerprint density at radius 2 is 1.92 bits per heavy atom. The molecule has 4 N–H and O–H groups in total. The monoisotopic (exact) mass is 550 g/mol. The van der Waals surface area contributed by atoms with Crippen LogP contribution in [0, 0.1) is 0 Å². The van der Waals surface area contributed by atoms with Crippen LogP contribution in [0.15, 0.2) is 11.6 Å². The summed E-state index contributed by atoms with van der Waals surface area (Å²) in [6, 6.07) is 0.769. The third-order valence-electron chi connectivity index (χ3n) is 8.47. The molecule has 10 nitrogen and oxygen atoms in total. The Labute approximate surface area is 233 Å². The number of rotatable bonds is 6. The van der Waals surface area contributed by atoms with Crippen LogP contribution in [-0.2, 0) is 23.2 Å². The number of nitrogens with zero attached hydrogens (tertiary/aromatic N) is 5. The third-order valence-corrected chi connectivity index (χ3v) is 9.27. The Kier molecular flexibility index (Phi) is 7.39. The van der Waals surface area contributed by atoms with E-state index in [-0.39, 0.29) is 23.4 Å². The number of piperidine rings is 1. The third kappa shape index (κ3) is 5.57. The largest absolute Gasteiger partial charge is 0.372 e. The van der Waals surface area contributed by atoms with Gasteiger partial charge in [0.15, 0.2) is 5.13 Å². The molecule has 6 rings (SSSR count). The molecular weight excluding hydrogens is 512 g/mol. The van der Waals surface area contributed by atoms with Crippen molar-refractivity contribution in [2.45, 2.75) is 95.8 Å². The fourth-order valence-corrected chi connectivity index (χ4v) is 7.17. The van der Waals surface area contributed by atoms with Crippen LogP contribution in [-0.4, -0.2) is 61.2 Å². The Hall–Kier alpha value is -2.89. The van der Waals surface area contributed by atoms with Crippen LogP contribution >= 0.6 is 11.3 Å². The van der Waals surface area contributed by atoms with Gasteiger partial charge in [-0.2, -0.15) is 5.10 Å². The highest BCUT2D eigenvalue weighted by atomic mass is 32.1. The first-order valence-electron chi connectivity index (χ1n) is 14.2. The highest BCUT2D eigenvalue weighted by Gasteiger charge is 2.38. The number of H-pyrrole nitrogens is 1. The van der Waals surface area contributed by atoms with Crippen LogP contribution in [0.4, 0.5) is 11.1 Å². The average molecular weight is 551 g/mol. The van der Waals surface area contributed by atoms with Crippen molar-refractivity contribution in [3.8, 4) is 11.4 Å². The van der Waals surface area contributed by atoms with E-state index in [2.05, 4.69) is 49.2 Å². The molecule has 0 aromatic carbocycles. The average Bonchev–Trinajstić information content (AvgIpc) is 3.48. The van der Waals surface area contributed by atoms with Crippen LogP contribution in [0.25, 0.3) is 11.4 Å². The summed E-state index contributed by atoms with van der Waals surface area (Å²) < 4.78 is 6.23. The molecule has 0 atom stereocenters. The molecule has 2 aliphatic carbocycles. The summed E-state index contributed by atoms with van der Waals surface area (Å²) in [5, 5.41) is 12.8. The zero-order chi connectivity index (χ0) is 27.0. The lowest BCUT2D eigenvalue weighted by molar-refractivity contribution is -0.0134. The summed E-state index contributed by atoms with van der Waals surface area (Å²) in [4.78, 5) is 29.1. The van der Waals surface area contributed by atoms with Gasteiger partial charge in [-0.1, -0.05) is 39.5 Å². The molecular formula is C28H38N8O2S. The van der Waals surface area contributed by atoms with Gasteiger partial charge in [-0.05, 0) is 43.1 Å². The number of nitrogens with one attached hydrogen (secondary N) is 2. The molecule has 39 heavy (non-hydrogen) atoms. The standard InChI is InChI=1S/C28H38N8O2S/c1-28(2)13-17-14-30-26(29)32-22(17)23-21(28)24(35-34-23)25(37)33-27-31-18(16-39-27)15-38-20-9-11-36(12-10-20)19-7-5-3-4-6-8-19/h14,16,19-20H,3-13,15H2,1-2H3,(H,34,35)(H2,29,30,32)(H,31,33,37). The zero-order valence-electron chi connectivity index (χ0n) is 22.8. The van der Waals surface area contributed by atoms with Crippen LogP contribution in [0.1, 0.15) is 92.5 Å². The fraction of sp³-hybridized carbons (Fsp3) is 0.607.